The van der Waals surface area contributed by atoms with Crippen LogP contribution in [-0.4, -0.2) is 38.7 Å². The van der Waals surface area contributed by atoms with Crippen LogP contribution in [0.5, 0.6) is 17.2 Å². The highest BCUT2D eigenvalue weighted by Gasteiger charge is 2.17. The molecule has 100 valence electrons. The summed E-state index contributed by atoms with van der Waals surface area (Å²) in [4.78, 5) is 11.3. The summed E-state index contributed by atoms with van der Waals surface area (Å²) in [6, 6.07) is 2.99. The number of phenolic OH excluding ortho intramolecular Hbond substituents is 1. The standard InChI is InChI=1S/C12H16O6/c1-8(13)9-4-5-10(17-6-15-2)12(11(9)14)18-7-16-3/h4-5,14H,6-7H2,1-3H3. The summed E-state index contributed by atoms with van der Waals surface area (Å²) in [7, 11) is 2.92. The lowest BCUT2D eigenvalue weighted by Crippen LogP contribution is -2.06. The van der Waals surface area contributed by atoms with Crippen LogP contribution in [0, 0.1) is 0 Å². The minimum absolute atomic E-state index is 0.00218. The number of ketones is 1. The lowest BCUT2D eigenvalue weighted by atomic mass is 10.1. The second-order valence-corrected chi connectivity index (χ2v) is 3.45. The zero-order valence-electron chi connectivity index (χ0n) is 10.6. The summed E-state index contributed by atoms with van der Waals surface area (Å²) in [5.41, 5.74) is 0.158. The van der Waals surface area contributed by atoms with Gasteiger partial charge in [0.2, 0.25) is 5.75 Å². The van der Waals surface area contributed by atoms with Gasteiger partial charge in [0.15, 0.2) is 30.9 Å². The molecule has 18 heavy (non-hydrogen) atoms. The number of aromatic hydroxyl groups is 1. The molecule has 0 aliphatic heterocycles. The van der Waals surface area contributed by atoms with Gasteiger partial charge in [-0.2, -0.15) is 0 Å². The van der Waals surface area contributed by atoms with E-state index in [1.807, 2.05) is 0 Å². The topological polar surface area (TPSA) is 74.2 Å². The van der Waals surface area contributed by atoms with Gasteiger partial charge in [-0.1, -0.05) is 0 Å². The van der Waals surface area contributed by atoms with Gasteiger partial charge < -0.3 is 24.1 Å². The molecule has 1 aromatic rings. The molecule has 0 aliphatic carbocycles. The first-order chi connectivity index (χ1) is 8.61. The van der Waals surface area contributed by atoms with Crippen LogP contribution in [0.2, 0.25) is 0 Å². The van der Waals surface area contributed by atoms with Crippen molar-refractivity contribution in [2.75, 3.05) is 27.8 Å². The predicted molar refractivity (Wildman–Crippen MR) is 63.1 cm³/mol. The second-order valence-electron chi connectivity index (χ2n) is 3.45. The summed E-state index contributed by atoms with van der Waals surface area (Å²) < 4.78 is 19.9. The Labute approximate surface area is 105 Å². The van der Waals surface area contributed by atoms with Crippen molar-refractivity contribution in [2.45, 2.75) is 6.92 Å². The fourth-order valence-electron chi connectivity index (χ4n) is 1.33. The first-order valence-corrected chi connectivity index (χ1v) is 5.22. The normalized spacial score (nSPS) is 10.2. The number of hydrogen-bond donors (Lipinski definition) is 1. The van der Waals surface area contributed by atoms with Crippen LogP contribution in [0.4, 0.5) is 0 Å². The smallest absolute Gasteiger partial charge is 0.206 e. The number of Topliss-reactive ketones (excluding diaryl/α,β-unsaturated/α-hetero) is 1. The molecule has 0 amide bonds. The second kappa shape index (κ2) is 6.83. The molecule has 6 heteroatoms. The van der Waals surface area contributed by atoms with E-state index in [4.69, 9.17) is 18.9 Å². The Morgan fingerprint density at radius 3 is 2.33 bits per heavy atom. The van der Waals surface area contributed by atoms with E-state index < -0.39 is 0 Å². The molecule has 0 saturated heterocycles. The number of benzene rings is 1. The van der Waals surface area contributed by atoms with E-state index in [0.717, 1.165) is 0 Å². The van der Waals surface area contributed by atoms with E-state index in [1.165, 1.54) is 33.3 Å². The largest absolute Gasteiger partial charge is 0.504 e. The minimum atomic E-state index is -0.270. The van der Waals surface area contributed by atoms with Gasteiger partial charge >= 0.3 is 0 Å². The van der Waals surface area contributed by atoms with Crippen molar-refractivity contribution >= 4 is 5.78 Å². The van der Waals surface area contributed by atoms with Crippen LogP contribution in [0.15, 0.2) is 12.1 Å². The fourth-order valence-corrected chi connectivity index (χ4v) is 1.33. The monoisotopic (exact) mass is 256 g/mol. The Morgan fingerprint density at radius 2 is 1.78 bits per heavy atom. The zero-order valence-corrected chi connectivity index (χ0v) is 10.6. The lowest BCUT2D eigenvalue weighted by molar-refractivity contribution is 0.0307. The highest BCUT2D eigenvalue weighted by atomic mass is 16.7. The molecule has 1 aromatic carbocycles. The number of methoxy groups -OCH3 is 2. The maximum absolute atomic E-state index is 11.3. The summed E-state index contributed by atoms with van der Waals surface area (Å²) in [6.45, 7) is 1.28. The molecule has 0 radical (unpaired) electrons. The highest BCUT2D eigenvalue weighted by molar-refractivity contribution is 5.98. The number of ether oxygens (including phenoxy) is 4. The molecule has 0 atom stereocenters. The third kappa shape index (κ3) is 3.35. The van der Waals surface area contributed by atoms with Crippen LogP contribution in [0.3, 0.4) is 0 Å². The quantitative estimate of drug-likeness (QED) is 0.589. The van der Waals surface area contributed by atoms with Gasteiger partial charge in [0.05, 0.1) is 5.56 Å². The molecule has 0 saturated carbocycles. The lowest BCUT2D eigenvalue weighted by Gasteiger charge is -2.14. The van der Waals surface area contributed by atoms with Crippen LogP contribution >= 0.6 is 0 Å². The molecule has 0 unspecified atom stereocenters. The molecule has 0 bridgehead atoms. The molecule has 0 heterocycles. The molecule has 0 aromatic heterocycles. The Kier molecular flexibility index (Phi) is 5.41. The average molecular weight is 256 g/mol. The Morgan fingerprint density at radius 1 is 1.17 bits per heavy atom. The molecule has 6 nitrogen and oxygen atoms in total. The average Bonchev–Trinajstić information content (AvgIpc) is 2.34. The fraction of sp³-hybridized carbons (Fsp3) is 0.417. The van der Waals surface area contributed by atoms with Crippen LogP contribution < -0.4 is 9.47 Å². The molecule has 0 fully saturated rings. The van der Waals surface area contributed by atoms with Crippen molar-refractivity contribution in [1.82, 2.24) is 0 Å². The predicted octanol–water partition coefficient (Wildman–Crippen LogP) is 1.56. The van der Waals surface area contributed by atoms with Crippen LogP contribution in [-0.2, 0) is 9.47 Å². The molecule has 0 spiro atoms. The molecule has 0 aliphatic rings. The van der Waals surface area contributed by atoms with E-state index in [0.29, 0.717) is 0 Å². The van der Waals surface area contributed by atoms with Crippen LogP contribution in [0.25, 0.3) is 0 Å². The summed E-state index contributed by atoms with van der Waals surface area (Å²) in [6.07, 6.45) is 0. The zero-order chi connectivity index (χ0) is 13.5. The van der Waals surface area contributed by atoms with Gasteiger partial charge in [-0.15, -0.1) is 0 Å². The molecular formula is C12H16O6. The minimum Gasteiger partial charge on any atom is -0.504 e. The van der Waals surface area contributed by atoms with Crippen molar-refractivity contribution in [3.63, 3.8) is 0 Å². The summed E-state index contributed by atoms with van der Waals surface area (Å²) in [5, 5.41) is 9.94. The van der Waals surface area contributed by atoms with E-state index >= 15 is 0 Å². The number of rotatable bonds is 7. The Balaban J connectivity index is 3.09. The van der Waals surface area contributed by atoms with Crippen molar-refractivity contribution in [1.29, 1.82) is 0 Å². The molecule has 1 rings (SSSR count). The number of phenols is 1. The van der Waals surface area contributed by atoms with E-state index in [9.17, 15) is 9.90 Å². The maximum atomic E-state index is 11.3. The van der Waals surface area contributed by atoms with Crippen LogP contribution in [0.1, 0.15) is 17.3 Å². The van der Waals surface area contributed by atoms with Gasteiger partial charge in [-0.05, 0) is 19.1 Å². The Hall–Kier alpha value is -1.79. The number of carbonyl (C=O) groups is 1. The highest BCUT2D eigenvalue weighted by Crippen LogP contribution is 2.39. The van der Waals surface area contributed by atoms with Gasteiger partial charge in [-0.3, -0.25) is 4.79 Å². The van der Waals surface area contributed by atoms with Crippen molar-refractivity contribution in [2.24, 2.45) is 0 Å². The van der Waals surface area contributed by atoms with Gasteiger partial charge in [0, 0.05) is 14.2 Å². The first-order valence-electron chi connectivity index (χ1n) is 5.22. The molecular weight excluding hydrogens is 240 g/mol. The first kappa shape index (κ1) is 14.3. The summed E-state index contributed by atoms with van der Waals surface area (Å²) >= 11 is 0. The van der Waals surface area contributed by atoms with E-state index in [1.54, 1.807) is 0 Å². The van der Waals surface area contributed by atoms with Gasteiger partial charge in [0.25, 0.3) is 0 Å². The van der Waals surface area contributed by atoms with E-state index in [2.05, 4.69) is 0 Å². The van der Waals surface area contributed by atoms with Crippen molar-refractivity contribution in [3.8, 4) is 17.2 Å². The third-order valence-corrected chi connectivity index (χ3v) is 2.13. The SMILES string of the molecule is COCOc1ccc(C(C)=O)c(O)c1OCOC. The number of hydrogen-bond acceptors (Lipinski definition) is 6. The number of carbonyl (C=O) groups excluding carboxylic acids is 1. The van der Waals surface area contributed by atoms with Crippen molar-refractivity contribution in [3.05, 3.63) is 17.7 Å². The third-order valence-electron chi connectivity index (χ3n) is 2.13. The van der Waals surface area contributed by atoms with Gasteiger partial charge in [0.1, 0.15) is 0 Å². The van der Waals surface area contributed by atoms with Gasteiger partial charge in [-0.25, -0.2) is 0 Å². The molecule has 1 N–H and O–H groups in total. The van der Waals surface area contributed by atoms with Crippen molar-refractivity contribution < 1.29 is 28.8 Å². The summed E-state index contributed by atoms with van der Waals surface area (Å²) in [5.74, 6) is -0.209. The Bertz CT molecular complexity index is 415. The van der Waals surface area contributed by atoms with E-state index in [-0.39, 0.29) is 42.2 Å². The maximum Gasteiger partial charge on any atom is 0.206 e.